The Hall–Kier alpha value is -1.79. The Morgan fingerprint density at radius 3 is 2.27 bits per heavy atom. The summed E-state index contributed by atoms with van der Waals surface area (Å²) in [5.74, 6) is 0. The Kier molecular flexibility index (Phi) is 4.10. The van der Waals surface area contributed by atoms with Gasteiger partial charge >= 0.3 is 12.3 Å². The Morgan fingerprint density at radius 2 is 1.91 bits per heavy atom. The molecule has 1 aromatic rings. The van der Waals surface area contributed by atoms with Gasteiger partial charge in [0.05, 0.1) is 17.6 Å². The molecule has 0 aliphatic heterocycles. The molecule has 0 atom stereocenters. The summed E-state index contributed by atoms with van der Waals surface area (Å²) in [7, 11) is 0. The number of halogens is 3. The molecule has 1 aromatic heterocycles. The first-order chi connectivity index (χ1) is 10.0. The molecule has 1 aliphatic rings. The highest BCUT2D eigenvalue weighted by molar-refractivity contribution is 5.84. The molecule has 1 N–H and O–H groups in total. The van der Waals surface area contributed by atoms with Crippen LogP contribution in [-0.4, -0.2) is 22.9 Å². The lowest BCUT2D eigenvalue weighted by Gasteiger charge is -2.42. The Bertz CT molecular complexity index is 543. The van der Waals surface area contributed by atoms with Crippen molar-refractivity contribution in [1.29, 1.82) is 0 Å². The highest BCUT2D eigenvalue weighted by atomic mass is 19.4. The first-order valence-electron chi connectivity index (χ1n) is 7.07. The zero-order valence-corrected chi connectivity index (χ0v) is 12.8. The van der Waals surface area contributed by atoms with Crippen molar-refractivity contribution in [2.45, 2.75) is 57.2 Å². The molecule has 1 fully saturated rings. The van der Waals surface area contributed by atoms with Crippen molar-refractivity contribution in [1.82, 2.24) is 4.98 Å². The van der Waals surface area contributed by atoms with E-state index in [1.54, 1.807) is 20.8 Å². The molecule has 22 heavy (non-hydrogen) atoms. The molecule has 4 nitrogen and oxygen atoms in total. The van der Waals surface area contributed by atoms with Gasteiger partial charge in [-0.15, -0.1) is 0 Å². The number of ether oxygens (including phenoxy) is 1. The smallest absolute Gasteiger partial charge is 0.412 e. The number of pyridine rings is 1. The predicted octanol–water partition coefficient (Wildman–Crippen LogP) is 4.41. The summed E-state index contributed by atoms with van der Waals surface area (Å²) in [6, 6.07) is 2.73. The van der Waals surface area contributed by atoms with Crippen LogP contribution in [0.2, 0.25) is 0 Å². The van der Waals surface area contributed by atoms with Crippen LogP contribution >= 0.6 is 0 Å². The average Bonchev–Trinajstić information content (AvgIpc) is 2.25. The molecule has 0 radical (unpaired) electrons. The van der Waals surface area contributed by atoms with Gasteiger partial charge in [-0.2, -0.15) is 13.2 Å². The lowest BCUT2D eigenvalue weighted by molar-refractivity contribution is -0.214. The topological polar surface area (TPSA) is 51.2 Å². The second-order valence-electron chi connectivity index (χ2n) is 6.49. The fourth-order valence-electron chi connectivity index (χ4n) is 2.39. The number of hydrogen-bond donors (Lipinski definition) is 1. The molecule has 2 rings (SSSR count). The zero-order valence-electron chi connectivity index (χ0n) is 12.8. The van der Waals surface area contributed by atoms with Gasteiger partial charge in [-0.3, -0.25) is 10.3 Å². The lowest BCUT2D eigenvalue weighted by Crippen LogP contribution is -2.48. The highest BCUT2D eigenvalue weighted by Gasteiger charge is 2.60. The monoisotopic (exact) mass is 316 g/mol. The van der Waals surface area contributed by atoms with Gasteiger partial charge in [0.1, 0.15) is 11.0 Å². The first kappa shape index (κ1) is 16.6. The molecule has 0 spiro atoms. The minimum atomic E-state index is -4.31. The van der Waals surface area contributed by atoms with E-state index in [-0.39, 0.29) is 18.5 Å². The van der Waals surface area contributed by atoms with Crippen LogP contribution in [0.3, 0.4) is 0 Å². The van der Waals surface area contributed by atoms with Gasteiger partial charge in [-0.25, -0.2) is 4.79 Å². The first-order valence-corrected chi connectivity index (χ1v) is 7.07. The van der Waals surface area contributed by atoms with E-state index in [9.17, 15) is 18.0 Å². The van der Waals surface area contributed by atoms with E-state index in [0.717, 1.165) is 0 Å². The number of rotatable bonds is 2. The standard InChI is InChI=1S/C15H19F3N2O2/c1-13(2,3)22-12(21)20-10-5-6-11(19-9-10)14(7-4-8-14)15(16,17)18/h5-6,9H,4,7-8H2,1-3H3,(H,20,21). The number of nitrogens with one attached hydrogen (secondary N) is 1. The maximum Gasteiger partial charge on any atom is 0.412 e. The predicted molar refractivity (Wildman–Crippen MR) is 75.7 cm³/mol. The molecule has 0 bridgehead atoms. The van der Waals surface area contributed by atoms with Crippen LogP contribution in [0.1, 0.15) is 45.7 Å². The van der Waals surface area contributed by atoms with E-state index in [1.807, 2.05) is 0 Å². The van der Waals surface area contributed by atoms with E-state index >= 15 is 0 Å². The molecule has 1 amide bonds. The Balaban J connectivity index is 2.09. The summed E-state index contributed by atoms with van der Waals surface area (Å²) in [5, 5.41) is 2.45. The zero-order chi connectivity index (χ0) is 16.6. The van der Waals surface area contributed by atoms with Crippen LogP contribution in [0.5, 0.6) is 0 Å². The largest absolute Gasteiger partial charge is 0.444 e. The molecule has 1 heterocycles. The van der Waals surface area contributed by atoms with Crippen molar-refractivity contribution in [2.24, 2.45) is 0 Å². The van der Waals surface area contributed by atoms with Gasteiger partial charge in [-0.05, 0) is 45.7 Å². The van der Waals surface area contributed by atoms with Crippen molar-refractivity contribution >= 4 is 11.8 Å². The van der Waals surface area contributed by atoms with Crippen LogP contribution < -0.4 is 5.32 Å². The number of carbonyl (C=O) groups is 1. The fraction of sp³-hybridized carbons (Fsp3) is 0.600. The van der Waals surface area contributed by atoms with E-state index in [0.29, 0.717) is 12.1 Å². The van der Waals surface area contributed by atoms with Crippen molar-refractivity contribution in [2.75, 3.05) is 5.32 Å². The molecule has 122 valence electrons. The van der Waals surface area contributed by atoms with Crippen molar-refractivity contribution < 1.29 is 22.7 Å². The molecule has 0 aromatic carbocycles. The summed E-state index contributed by atoms with van der Waals surface area (Å²) < 4.78 is 44.7. The number of carbonyl (C=O) groups excluding carboxylic acids is 1. The van der Waals surface area contributed by atoms with E-state index in [4.69, 9.17) is 4.74 Å². The molecule has 1 aliphatic carbocycles. The van der Waals surface area contributed by atoms with Crippen molar-refractivity contribution in [3.05, 3.63) is 24.0 Å². The number of aromatic nitrogens is 1. The molecule has 0 unspecified atom stereocenters. The molecule has 0 saturated heterocycles. The van der Waals surface area contributed by atoms with Gasteiger partial charge in [0.2, 0.25) is 0 Å². The molecule has 1 saturated carbocycles. The number of amides is 1. The normalized spacial score (nSPS) is 17.5. The number of alkyl halides is 3. The summed E-state index contributed by atoms with van der Waals surface area (Å²) in [4.78, 5) is 15.5. The summed E-state index contributed by atoms with van der Waals surface area (Å²) >= 11 is 0. The highest BCUT2D eigenvalue weighted by Crippen LogP contribution is 2.53. The van der Waals surface area contributed by atoms with Gasteiger partial charge in [0, 0.05) is 0 Å². The SMILES string of the molecule is CC(C)(C)OC(=O)Nc1ccc(C2(C(F)(F)F)CCC2)nc1. The Labute approximate surface area is 127 Å². The van der Waals surface area contributed by atoms with Crippen LogP contribution in [0, 0.1) is 0 Å². The van der Waals surface area contributed by atoms with Gasteiger partial charge in [0.15, 0.2) is 0 Å². The van der Waals surface area contributed by atoms with E-state index < -0.39 is 23.3 Å². The maximum atomic E-state index is 13.2. The number of anilines is 1. The number of hydrogen-bond acceptors (Lipinski definition) is 3. The summed E-state index contributed by atoms with van der Waals surface area (Å²) in [5.41, 5.74) is -2.18. The van der Waals surface area contributed by atoms with Gasteiger partial charge in [-0.1, -0.05) is 6.42 Å². The Morgan fingerprint density at radius 1 is 1.27 bits per heavy atom. The molecular formula is C15H19F3N2O2. The fourth-order valence-corrected chi connectivity index (χ4v) is 2.39. The third-order valence-electron chi connectivity index (χ3n) is 3.65. The quantitative estimate of drug-likeness (QED) is 0.879. The minimum Gasteiger partial charge on any atom is -0.444 e. The van der Waals surface area contributed by atoms with Crippen molar-refractivity contribution in [3.63, 3.8) is 0 Å². The van der Waals surface area contributed by atoms with E-state index in [2.05, 4.69) is 10.3 Å². The lowest BCUT2D eigenvalue weighted by atomic mass is 9.66. The van der Waals surface area contributed by atoms with E-state index in [1.165, 1.54) is 18.3 Å². The summed E-state index contributed by atoms with van der Waals surface area (Å²) in [6.07, 6.45) is -3.09. The minimum absolute atomic E-state index is 0.000915. The second-order valence-corrected chi connectivity index (χ2v) is 6.49. The van der Waals surface area contributed by atoms with Crippen LogP contribution in [-0.2, 0) is 10.2 Å². The molecule has 7 heteroatoms. The average molecular weight is 316 g/mol. The third-order valence-corrected chi connectivity index (χ3v) is 3.65. The third kappa shape index (κ3) is 3.34. The second kappa shape index (κ2) is 5.44. The molecular weight excluding hydrogens is 297 g/mol. The summed E-state index contributed by atoms with van der Waals surface area (Å²) in [6.45, 7) is 5.16. The van der Waals surface area contributed by atoms with Crippen LogP contribution in [0.25, 0.3) is 0 Å². The number of nitrogens with zero attached hydrogens (tertiary/aromatic N) is 1. The van der Waals surface area contributed by atoms with Gasteiger partial charge < -0.3 is 4.74 Å². The van der Waals surface area contributed by atoms with Crippen LogP contribution in [0.15, 0.2) is 18.3 Å². The van der Waals surface area contributed by atoms with Gasteiger partial charge in [0.25, 0.3) is 0 Å². The maximum absolute atomic E-state index is 13.2. The van der Waals surface area contributed by atoms with Crippen molar-refractivity contribution in [3.8, 4) is 0 Å². The van der Waals surface area contributed by atoms with Crippen LogP contribution in [0.4, 0.5) is 23.7 Å².